The molecule has 9 nitrogen and oxygen atoms in total. The van der Waals surface area contributed by atoms with E-state index >= 15 is 0 Å². The van der Waals surface area contributed by atoms with Gasteiger partial charge >= 0.3 is 12.0 Å². The van der Waals surface area contributed by atoms with Crippen LogP contribution in [-0.2, 0) is 9.53 Å². The normalized spacial score (nSPS) is 13.2. The van der Waals surface area contributed by atoms with E-state index in [9.17, 15) is 19.2 Å². The van der Waals surface area contributed by atoms with Crippen molar-refractivity contribution in [1.29, 1.82) is 0 Å². The smallest absolute Gasteiger partial charge is 0.338 e. The number of nitrogens with zero attached hydrogens (tertiary/aromatic N) is 1. The molecule has 27 heavy (non-hydrogen) atoms. The topological polar surface area (TPSA) is 118 Å². The number of aryl methyl sites for hydroxylation is 1. The number of urea groups is 1. The Balaban J connectivity index is 1.64. The first kappa shape index (κ1) is 18.2. The van der Waals surface area contributed by atoms with E-state index in [0.717, 1.165) is 10.5 Å². The number of carbonyl (C=O) groups excluding carboxylic acids is 4. The Hall–Kier alpha value is -3.62. The van der Waals surface area contributed by atoms with Crippen molar-refractivity contribution >= 4 is 29.5 Å². The second-order valence-electron chi connectivity index (χ2n) is 5.81. The van der Waals surface area contributed by atoms with Gasteiger partial charge in [0.2, 0.25) is 0 Å². The molecule has 0 aliphatic carbocycles. The maximum Gasteiger partial charge on any atom is 0.338 e. The van der Waals surface area contributed by atoms with Gasteiger partial charge in [0.05, 0.1) is 11.8 Å². The van der Waals surface area contributed by atoms with E-state index in [1.165, 1.54) is 24.5 Å². The van der Waals surface area contributed by atoms with E-state index in [1.807, 2.05) is 0 Å². The van der Waals surface area contributed by atoms with Crippen molar-refractivity contribution in [1.82, 2.24) is 10.2 Å². The molecule has 1 aromatic heterocycles. The first-order chi connectivity index (χ1) is 13.0. The maximum absolute atomic E-state index is 12.2. The number of esters is 1. The van der Waals surface area contributed by atoms with Gasteiger partial charge in [-0.1, -0.05) is 6.07 Å². The average Bonchev–Trinajstić information content (AvgIpc) is 3.33. The number of furan rings is 1. The third-order valence-corrected chi connectivity index (χ3v) is 3.95. The summed E-state index contributed by atoms with van der Waals surface area (Å²) in [5.41, 5.74) is 1.31. The lowest BCUT2D eigenvalue weighted by Gasteiger charge is -2.13. The summed E-state index contributed by atoms with van der Waals surface area (Å²) in [7, 11) is 0. The van der Waals surface area contributed by atoms with Crippen molar-refractivity contribution in [2.75, 3.05) is 25.0 Å². The Morgan fingerprint density at radius 1 is 1.30 bits per heavy atom. The Bertz CT molecular complexity index is 891. The second-order valence-corrected chi connectivity index (χ2v) is 5.81. The number of nitrogens with one attached hydrogen (secondary N) is 2. The van der Waals surface area contributed by atoms with Crippen LogP contribution < -0.4 is 10.6 Å². The van der Waals surface area contributed by atoms with E-state index in [2.05, 4.69) is 10.6 Å². The Kier molecular flexibility index (Phi) is 5.20. The van der Waals surface area contributed by atoms with Crippen molar-refractivity contribution in [2.24, 2.45) is 0 Å². The molecule has 2 N–H and O–H groups in total. The van der Waals surface area contributed by atoms with Gasteiger partial charge in [0, 0.05) is 18.8 Å². The van der Waals surface area contributed by atoms with Crippen molar-refractivity contribution in [3.8, 4) is 0 Å². The first-order valence-electron chi connectivity index (χ1n) is 8.16. The van der Waals surface area contributed by atoms with Crippen molar-refractivity contribution < 1.29 is 28.3 Å². The molecular formula is C18H17N3O6. The van der Waals surface area contributed by atoms with Crippen LogP contribution >= 0.6 is 0 Å². The van der Waals surface area contributed by atoms with Gasteiger partial charge in [-0.25, -0.2) is 9.59 Å². The third kappa shape index (κ3) is 4.14. The minimum absolute atomic E-state index is 0.136. The minimum Gasteiger partial charge on any atom is -0.459 e. The lowest BCUT2D eigenvalue weighted by Crippen LogP contribution is -2.37. The molecule has 3 rings (SSSR count). The van der Waals surface area contributed by atoms with E-state index in [0.29, 0.717) is 12.2 Å². The number of hydrogen-bond acceptors (Lipinski definition) is 6. The molecule has 4 amide bonds. The van der Waals surface area contributed by atoms with Gasteiger partial charge in [0.1, 0.15) is 0 Å². The number of rotatable bonds is 5. The summed E-state index contributed by atoms with van der Waals surface area (Å²) < 4.78 is 10.0. The van der Waals surface area contributed by atoms with Gasteiger partial charge in [-0.15, -0.1) is 0 Å². The highest BCUT2D eigenvalue weighted by molar-refractivity contribution is 6.03. The van der Waals surface area contributed by atoms with Crippen molar-refractivity contribution in [3.63, 3.8) is 0 Å². The molecule has 1 aliphatic rings. The lowest BCUT2D eigenvalue weighted by molar-refractivity contribution is -0.130. The number of amides is 4. The molecule has 0 bridgehead atoms. The zero-order valence-corrected chi connectivity index (χ0v) is 14.5. The van der Waals surface area contributed by atoms with Crippen molar-refractivity contribution in [2.45, 2.75) is 6.92 Å². The Morgan fingerprint density at radius 3 is 2.78 bits per heavy atom. The number of ether oxygens (including phenoxy) is 1. The minimum atomic E-state index is -0.739. The van der Waals surface area contributed by atoms with Crippen LogP contribution in [0.1, 0.15) is 26.5 Å². The molecular weight excluding hydrogens is 354 g/mol. The molecule has 1 saturated heterocycles. The number of anilines is 1. The fourth-order valence-corrected chi connectivity index (χ4v) is 2.47. The summed E-state index contributed by atoms with van der Waals surface area (Å²) in [5.74, 6) is -1.66. The average molecular weight is 371 g/mol. The van der Waals surface area contributed by atoms with Gasteiger partial charge in [-0.2, -0.15) is 0 Å². The molecule has 0 radical (unpaired) electrons. The molecule has 2 aromatic rings. The molecule has 0 unspecified atom stereocenters. The molecule has 0 spiro atoms. The van der Waals surface area contributed by atoms with Crippen LogP contribution in [0.4, 0.5) is 10.5 Å². The van der Waals surface area contributed by atoms with Gasteiger partial charge in [0.25, 0.3) is 11.8 Å². The highest BCUT2D eigenvalue weighted by Crippen LogP contribution is 2.19. The molecule has 140 valence electrons. The molecule has 0 atom stereocenters. The summed E-state index contributed by atoms with van der Waals surface area (Å²) in [6.07, 6.45) is 1.38. The van der Waals surface area contributed by atoms with Gasteiger partial charge < -0.3 is 19.8 Å². The van der Waals surface area contributed by atoms with Crippen LogP contribution in [0.2, 0.25) is 0 Å². The van der Waals surface area contributed by atoms with E-state index in [-0.39, 0.29) is 17.9 Å². The summed E-state index contributed by atoms with van der Waals surface area (Å²) in [6, 6.07) is 7.22. The number of carbonyl (C=O) groups is 4. The quantitative estimate of drug-likeness (QED) is 0.770. The highest BCUT2D eigenvalue weighted by atomic mass is 16.5. The fourth-order valence-electron chi connectivity index (χ4n) is 2.47. The van der Waals surface area contributed by atoms with Crippen LogP contribution in [0.3, 0.4) is 0 Å². The molecule has 1 aromatic carbocycles. The van der Waals surface area contributed by atoms with Gasteiger partial charge in [-0.05, 0) is 36.8 Å². The SMILES string of the molecule is Cc1ccc(C(=O)OCC(=O)N2CCNC2=O)cc1NC(=O)c1ccco1. The van der Waals surface area contributed by atoms with Crippen LogP contribution in [0.5, 0.6) is 0 Å². The summed E-state index contributed by atoms with van der Waals surface area (Å²) >= 11 is 0. The first-order valence-corrected chi connectivity index (χ1v) is 8.16. The number of imide groups is 1. The van der Waals surface area contributed by atoms with E-state index < -0.39 is 30.4 Å². The molecule has 1 fully saturated rings. The summed E-state index contributed by atoms with van der Waals surface area (Å²) in [4.78, 5) is 48.6. The predicted octanol–water partition coefficient (Wildman–Crippen LogP) is 1.55. The fraction of sp³-hybridized carbons (Fsp3) is 0.222. The largest absolute Gasteiger partial charge is 0.459 e. The highest BCUT2D eigenvalue weighted by Gasteiger charge is 2.27. The van der Waals surface area contributed by atoms with E-state index in [4.69, 9.17) is 9.15 Å². The Labute approximate surface area is 154 Å². The molecule has 2 heterocycles. The van der Waals surface area contributed by atoms with Gasteiger partial charge in [-0.3, -0.25) is 14.5 Å². The standard InChI is InChI=1S/C18H17N3O6/c1-11-4-5-12(9-13(11)20-16(23)14-3-2-8-26-14)17(24)27-10-15(22)21-7-6-19-18(21)25/h2-5,8-9H,6-7,10H2,1H3,(H,19,25)(H,20,23). The van der Waals surface area contributed by atoms with E-state index in [1.54, 1.807) is 19.1 Å². The number of hydrogen-bond donors (Lipinski definition) is 2. The maximum atomic E-state index is 12.2. The van der Waals surface area contributed by atoms with Crippen LogP contribution in [0.15, 0.2) is 41.0 Å². The molecule has 9 heteroatoms. The van der Waals surface area contributed by atoms with Crippen LogP contribution in [-0.4, -0.2) is 48.4 Å². The van der Waals surface area contributed by atoms with Gasteiger partial charge in [0.15, 0.2) is 12.4 Å². The zero-order chi connectivity index (χ0) is 19.4. The number of benzene rings is 1. The zero-order valence-electron chi connectivity index (χ0n) is 14.5. The second kappa shape index (κ2) is 7.73. The molecule has 1 aliphatic heterocycles. The summed E-state index contributed by atoms with van der Waals surface area (Å²) in [5, 5.41) is 5.15. The predicted molar refractivity (Wildman–Crippen MR) is 93.2 cm³/mol. The monoisotopic (exact) mass is 371 g/mol. The van der Waals surface area contributed by atoms with Crippen molar-refractivity contribution in [3.05, 3.63) is 53.5 Å². The summed E-state index contributed by atoms with van der Waals surface area (Å²) in [6.45, 7) is 1.83. The van der Waals surface area contributed by atoms with Crippen LogP contribution in [0, 0.1) is 6.92 Å². The Morgan fingerprint density at radius 2 is 2.11 bits per heavy atom. The molecule has 0 saturated carbocycles. The third-order valence-electron chi connectivity index (χ3n) is 3.95. The van der Waals surface area contributed by atoms with Crippen LogP contribution in [0.25, 0.3) is 0 Å². The lowest BCUT2D eigenvalue weighted by atomic mass is 10.1.